The number of hydrogen-bond acceptors (Lipinski definition) is 3. The summed E-state index contributed by atoms with van der Waals surface area (Å²) < 4.78 is 0. The maximum absolute atomic E-state index is 10.7. The molecule has 5 nitrogen and oxygen atoms in total. The van der Waals surface area contributed by atoms with E-state index in [2.05, 4.69) is 4.98 Å². The van der Waals surface area contributed by atoms with E-state index in [4.69, 9.17) is 16.7 Å². The van der Waals surface area contributed by atoms with Gasteiger partial charge in [0, 0.05) is 12.7 Å². The van der Waals surface area contributed by atoms with Crippen molar-refractivity contribution >= 4 is 28.8 Å². The first-order valence-electron chi connectivity index (χ1n) is 4.22. The van der Waals surface area contributed by atoms with Crippen LogP contribution in [-0.2, 0) is 0 Å². The third-order valence-corrected chi connectivity index (χ3v) is 2.02. The second-order valence-corrected chi connectivity index (χ2v) is 3.05. The molecule has 0 fully saturated rings. The average molecular weight is 229 g/mol. The van der Waals surface area contributed by atoms with Crippen molar-refractivity contribution in [1.82, 2.24) is 4.98 Å². The van der Waals surface area contributed by atoms with Crippen molar-refractivity contribution in [3.05, 3.63) is 23.9 Å². The highest BCUT2D eigenvalue weighted by Crippen LogP contribution is 2.12. The molecule has 0 spiro atoms. The van der Waals surface area contributed by atoms with E-state index in [-0.39, 0.29) is 17.9 Å². The molecule has 6 heteroatoms. The number of halogens is 1. The Morgan fingerprint density at radius 1 is 1.53 bits per heavy atom. The molecule has 1 amide bonds. The number of hydrogen-bond donors (Lipinski definition) is 1. The van der Waals surface area contributed by atoms with Crippen molar-refractivity contribution in [3.63, 3.8) is 0 Å². The van der Waals surface area contributed by atoms with Crippen molar-refractivity contribution < 1.29 is 14.7 Å². The Kier molecular flexibility index (Phi) is 3.62. The molecule has 1 aromatic heterocycles. The standard InChI is InChI=1S/C9H9ClN2O3/c1-2-12(9(14)15)7-4-3-6(5-11-7)8(10)13/h3-5H,2H2,1H3,(H,14,15). The van der Waals surface area contributed by atoms with E-state index in [9.17, 15) is 9.59 Å². The molecule has 0 atom stereocenters. The van der Waals surface area contributed by atoms with E-state index in [1.165, 1.54) is 18.3 Å². The minimum absolute atomic E-state index is 0.238. The first-order valence-corrected chi connectivity index (χ1v) is 4.60. The Morgan fingerprint density at radius 2 is 2.20 bits per heavy atom. The highest BCUT2D eigenvalue weighted by molar-refractivity contribution is 6.67. The van der Waals surface area contributed by atoms with Gasteiger partial charge in [0.15, 0.2) is 0 Å². The number of aromatic nitrogens is 1. The lowest BCUT2D eigenvalue weighted by Crippen LogP contribution is -2.29. The lowest BCUT2D eigenvalue weighted by Gasteiger charge is -2.15. The zero-order valence-corrected chi connectivity index (χ0v) is 8.73. The second kappa shape index (κ2) is 4.75. The Hall–Kier alpha value is -1.62. The summed E-state index contributed by atoms with van der Waals surface area (Å²) in [6.45, 7) is 1.98. The number of nitrogens with zero attached hydrogens (tertiary/aromatic N) is 2. The first kappa shape index (κ1) is 11.5. The van der Waals surface area contributed by atoms with Gasteiger partial charge in [0.05, 0.1) is 5.56 Å². The molecule has 0 aliphatic heterocycles. The summed E-state index contributed by atoms with van der Waals surface area (Å²) in [6.07, 6.45) is 0.158. The fourth-order valence-electron chi connectivity index (χ4n) is 1.06. The molecule has 0 aliphatic rings. The highest BCUT2D eigenvalue weighted by Gasteiger charge is 2.13. The largest absolute Gasteiger partial charge is 0.465 e. The highest BCUT2D eigenvalue weighted by atomic mass is 35.5. The summed E-state index contributed by atoms with van der Waals surface area (Å²) >= 11 is 5.22. The molecule has 0 unspecified atom stereocenters. The lowest BCUT2D eigenvalue weighted by molar-refractivity contribution is 0.108. The minimum atomic E-state index is -1.09. The minimum Gasteiger partial charge on any atom is -0.465 e. The van der Waals surface area contributed by atoms with Gasteiger partial charge in [-0.3, -0.25) is 9.69 Å². The van der Waals surface area contributed by atoms with Crippen molar-refractivity contribution in [2.24, 2.45) is 0 Å². The summed E-state index contributed by atoms with van der Waals surface area (Å²) in [5.41, 5.74) is 0.238. The van der Waals surface area contributed by atoms with Gasteiger partial charge in [0.2, 0.25) is 0 Å². The van der Waals surface area contributed by atoms with E-state index in [1.807, 2.05) is 0 Å². The van der Waals surface area contributed by atoms with E-state index in [1.54, 1.807) is 6.92 Å². The van der Waals surface area contributed by atoms with Crippen molar-refractivity contribution in [1.29, 1.82) is 0 Å². The van der Waals surface area contributed by atoms with E-state index in [0.717, 1.165) is 4.90 Å². The average Bonchev–Trinajstić information content (AvgIpc) is 2.19. The second-order valence-electron chi connectivity index (χ2n) is 2.71. The molecular formula is C9H9ClN2O3. The zero-order valence-electron chi connectivity index (χ0n) is 7.98. The van der Waals surface area contributed by atoms with E-state index >= 15 is 0 Å². The summed E-state index contributed by atoms with van der Waals surface area (Å²) in [5, 5.41) is 8.18. The van der Waals surface area contributed by atoms with Crippen molar-refractivity contribution in [3.8, 4) is 0 Å². The SMILES string of the molecule is CCN(C(=O)O)c1ccc(C(=O)Cl)cn1. The van der Waals surface area contributed by atoms with Crippen LogP contribution in [0, 0.1) is 0 Å². The van der Waals surface area contributed by atoms with Crippen LogP contribution < -0.4 is 4.90 Å². The normalized spacial score (nSPS) is 9.73. The number of amides is 1. The van der Waals surface area contributed by atoms with Crippen LogP contribution in [0.3, 0.4) is 0 Å². The zero-order chi connectivity index (χ0) is 11.4. The molecule has 1 heterocycles. The van der Waals surface area contributed by atoms with Gasteiger partial charge in [-0.05, 0) is 30.7 Å². The molecule has 0 radical (unpaired) electrons. The molecular weight excluding hydrogens is 220 g/mol. The fraction of sp³-hybridized carbons (Fsp3) is 0.222. The van der Waals surface area contributed by atoms with Crippen LogP contribution in [-0.4, -0.2) is 28.0 Å². The van der Waals surface area contributed by atoms with Crippen LogP contribution in [0.15, 0.2) is 18.3 Å². The Labute approximate surface area is 91.3 Å². The summed E-state index contributed by atoms with van der Waals surface area (Å²) in [7, 11) is 0. The smallest absolute Gasteiger partial charge is 0.412 e. The third-order valence-electron chi connectivity index (χ3n) is 1.80. The maximum atomic E-state index is 10.7. The van der Waals surface area contributed by atoms with Gasteiger partial charge in [-0.15, -0.1) is 0 Å². The van der Waals surface area contributed by atoms with E-state index < -0.39 is 11.3 Å². The van der Waals surface area contributed by atoms with Gasteiger partial charge in [-0.1, -0.05) is 0 Å². The predicted octanol–water partition coefficient (Wildman–Crippen LogP) is 1.96. The number of carbonyl (C=O) groups is 2. The van der Waals surface area contributed by atoms with Crippen LogP contribution in [0.1, 0.15) is 17.3 Å². The van der Waals surface area contributed by atoms with Crippen LogP contribution >= 0.6 is 11.6 Å². The number of carbonyl (C=O) groups excluding carboxylic acids is 1. The molecule has 1 rings (SSSR count). The molecule has 15 heavy (non-hydrogen) atoms. The summed E-state index contributed by atoms with van der Waals surface area (Å²) in [4.78, 5) is 26.4. The number of rotatable bonds is 3. The van der Waals surface area contributed by atoms with Gasteiger partial charge in [0.25, 0.3) is 5.24 Å². The molecule has 1 N–H and O–H groups in total. The molecule has 0 aliphatic carbocycles. The molecule has 0 saturated carbocycles. The quantitative estimate of drug-likeness (QED) is 0.803. The monoisotopic (exact) mass is 228 g/mol. The molecule has 0 aromatic carbocycles. The van der Waals surface area contributed by atoms with Crippen LogP contribution in [0.5, 0.6) is 0 Å². The van der Waals surface area contributed by atoms with Gasteiger partial charge >= 0.3 is 6.09 Å². The number of carboxylic acid groups (broad SMARTS) is 1. The third kappa shape index (κ3) is 2.66. The van der Waals surface area contributed by atoms with E-state index in [0.29, 0.717) is 0 Å². The number of anilines is 1. The molecule has 0 saturated heterocycles. The fourth-order valence-corrected chi connectivity index (χ4v) is 1.17. The number of pyridine rings is 1. The molecule has 1 aromatic rings. The van der Waals surface area contributed by atoms with Gasteiger partial charge < -0.3 is 5.11 Å². The molecule has 80 valence electrons. The Bertz CT molecular complexity index is 377. The summed E-state index contributed by atoms with van der Waals surface area (Å²) in [6, 6.07) is 2.87. The van der Waals surface area contributed by atoms with Gasteiger partial charge in [0.1, 0.15) is 5.82 Å². The Morgan fingerprint density at radius 3 is 2.53 bits per heavy atom. The van der Waals surface area contributed by atoms with Crippen molar-refractivity contribution in [2.75, 3.05) is 11.4 Å². The van der Waals surface area contributed by atoms with Gasteiger partial charge in [-0.2, -0.15) is 0 Å². The van der Waals surface area contributed by atoms with Crippen molar-refractivity contribution in [2.45, 2.75) is 6.92 Å². The van der Waals surface area contributed by atoms with Crippen LogP contribution in [0.25, 0.3) is 0 Å². The van der Waals surface area contributed by atoms with Crippen LogP contribution in [0.2, 0.25) is 0 Å². The van der Waals surface area contributed by atoms with Crippen LogP contribution in [0.4, 0.5) is 10.6 Å². The Balaban J connectivity index is 2.97. The predicted molar refractivity (Wildman–Crippen MR) is 55.5 cm³/mol. The summed E-state index contributed by atoms with van der Waals surface area (Å²) in [5.74, 6) is 0.270. The molecule has 0 bridgehead atoms. The topological polar surface area (TPSA) is 70.5 Å². The van der Waals surface area contributed by atoms with Gasteiger partial charge in [-0.25, -0.2) is 9.78 Å². The lowest BCUT2D eigenvalue weighted by atomic mass is 10.3. The maximum Gasteiger partial charge on any atom is 0.412 e. The first-order chi connectivity index (χ1) is 7.06.